The molecule has 0 aromatic heterocycles. The fourth-order valence-electron chi connectivity index (χ4n) is 2.01. The molecule has 1 heterocycles. The zero-order valence-electron chi connectivity index (χ0n) is 8.46. The van der Waals surface area contributed by atoms with Crippen LogP contribution in [0.5, 0.6) is 0 Å². The second-order valence-electron chi connectivity index (χ2n) is 3.71. The van der Waals surface area contributed by atoms with Crippen LogP contribution >= 0.6 is 0 Å². The lowest BCUT2D eigenvalue weighted by Crippen LogP contribution is -2.38. The third-order valence-corrected chi connectivity index (χ3v) is 2.75. The number of hydrogen-bond donors (Lipinski definition) is 3. The molecule has 0 bridgehead atoms. The smallest absolute Gasteiger partial charge is 0.0418 e. The van der Waals surface area contributed by atoms with Gasteiger partial charge in [-0.25, -0.2) is 0 Å². The first-order chi connectivity index (χ1) is 6.92. The van der Waals surface area contributed by atoms with Crippen molar-refractivity contribution in [3.8, 4) is 0 Å². The number of rotatable bonds is 3. The van der Waals surface area contributed by atoms with Crippen molar-refractivity contribution in [2.75, 3.05) is 20.1 Å². The molecule has 1 fully saturated rings. The van der Waals surface area contributed by atoms with Crippen LogP contribution in [0.3, 0.4) is 0 Å². The Kier molecular flexibility index (Phi) is 3.14. The lowest BCUT2D eigenvalue weighted by molar-refractivity contribution is 0.504. The van der Waals surface area contributed by atoms with Crippen LogP contribution in [0.4, 0.5) is 0 Å². The Balaban J connectivity index is 2.10. The highest BCUT2D eigenvalue weighted by Gasteiger charge is 2.26. The van der Waals surface area contributed by atoms with E-state index in [2.05, 4.69) is 46.5 Å². The van der Waals surface area contributed by atoms with E-state index in [9.17, 15) is 0 Å². The van der Waals surface area contributed by atoms with Crippen LogP contribution in [0.1, 0.15) is 11.5 Å². The molecule has 1 saturated heterocycles. The van der Waals surface area contributed by atoms with Crippen molar-refractivity contribution < 1.29 is 0 Å². The lowest BCUT2D eigenvalue weighted by Gasteiger charge is -2.17. The third kappa shape index (κ3) is 1.95. The molecular formula is C11H17N3. The van der Waals surface area contributed by atoms with Crippen LogP contribution in [0.2, 0.25) is 0 Å². The molecule has 1 aromatic rings. The maximum atomic E-state index is 3.29. The van der Waals surface area contributed by atoms with Gasteiger partial charge in [0.05, 0.1) is 0 Å². The van der Waals surface area contributed by atoms with Crippen molar-refractivity contribution in [1.82, 2.24) is 16.2 Å². The van der Waals surface area contributed by atoms with E-state index in [1.54, 1.807) is 0 Å². The van der Waals surface area contributed by atoms with E-state index in [-0.39, 0.29) is 0 Å². The normalized spacial score (nSPS) is 26.6. The van der Waals surface area contributed by atoms with Gasteiger partial charge in [0.2, 0.25) is 0 Å². The first kappa shape index (κ1) is 9.65. The second kappa shape index (κ2) is 4.55. The summed E-state index contributed by atoms with van der Waals surface area (Å²) in [5.41, 5.74) is 7.92. The lowest BCUT2D eigenvalue weighted by atomic mass is 9.93. The summed E-state index contributed by atoms with van der Waals surface area (Å²) in [4.78, 5) is 0. The summed E-state index contributed by atoms with van der Waals surface area (Å²) in [6, 6.07) is 11.1. The summed E-state index contributed by atoms with van der Waals surface area (Å²) in [6.45, 7) is 2.00. The first-order valence-electron chi connectivity index (χ1n) is 5.09. The minimum atomic E-state index is 0.488. The van der Waals surface area contributed by atoms with E-state index in [4.69, 9.17) is 0 Å². The minimum Gasteiger partial charge on any atom is -0.318 e. The molecule has 2 rings (SSSR count). The van der Waals surface area contributed by atoms with Crippen molar-refractivity contribution >= 4 is 0 Å². The van der Waals surface area contributed by atoms with Gasteiger partial charge < -0.3 is 5.32 Å². The molecule has 1 aromatic carbocycles. The molecule has 3 N–H and O–H groups in total. The Morgan fingerprint density at radius 1 is 1.36 bits per heavy atom. The van der Waals surface area contributed by atoms with Gasteiger partial charge in [0.1, 0.15) is 0 Å². The SMILES string of the molecule is CNCC1NNCC1c1ccccc1. The number of hydrogen-bond acceptors (Lipinski definition) is 3. The molecule has 0 radical (unpaired) electrons. The maximum Gasteiger partial charge on any atom is 0.0418 e. The highest BCUT2D eigenvalue weighted by Crippen LogP contribution is 2.21. The summed E-state index contributed by atoms with van der Waals surface area (Å²) in [7, 11) is 1.99. The minimum absolute atomic E-state index is 0.488. The molecule has 0 spiro atoms. The number of hydrazine groups is 1. The Bertz CT molecular complexity index is 273. The van der Waals surface area contributed by atoms with Gasteiger partial charge in [-0.2, -0.15) is 0 Å². The Labute approximate surface area is 84.9 Å². The average Bonchev–Trinajstić information content (AvgIpc) is 2.68. The average molecular weight is 191 g/mol. The highest BCUT2D eigenvalue weighted by molar-refractivity contribution is 5.23. The molecule has 1 aliphatic heterocycles. The highest BCUT2D eigenvalue weighted by atomic mass is 15.4. The molecule has 2 unspecified atom stereocenters. The Morgan fingerprint density at radius 3 is 2.86 bits per heavy atom. The maximum absolute atomic E-state index is 3.29. The zero-order chi connectivity index (χ0) is 9.80. The molecule has 3 heteroatoms. The van der Waals surface area contributed by atoms with E-state index < -0.39 is 0 Å². The zero-order valence-corrected chi connectivity index (χ0v) is 8.46. The fraction of sp³-hybridized carbons (Fsp3) is 0.455. The molecule has 2 atom stereocenters. The van der Waals surface area contributed by atoms with E-state index in [0.717, 1.165) is 13.1 Å². The van der Waals surface area contributed by atoms with Gasteiger partial charge in [-0.3, -0.25) is 10.9 Å². The van der Waals surface area contributed by atoms with Gasteiger partial charge in [-0.1, -0.05) is 30.3 Å². The van der Waals surface area contributed by atoms with E-state index in [0.29, 0.717) is 12.0 Å². The van der Waals surface area contributed by atoms with Crippen LogP contribution < -0.4 is 16.2 Å². The van der Waals surface area contributed by atoms with Crippen molar-refractivity contribution in [3.05, 3.63) is 35.9 Å². The van der Waals surface area contributed by atoms with Gasteiger partial charge in [0, 0.05) is 25.0 Å². The molecule has 76 valence electrons. The standard InChI is InChI=1S/C11H17N3/c1-12-8-11-10(7-13-14-11)9-5-3-2-4-6-9/h2-6,10-14H,7-8H2,1H3. The largest absolute Gasteiger partial charge is 0.318 e. The van der Waals surface area contributed by atoms with Crippen LogP contribution in [0.25, 0.3) is 0 Å². The summed E-state index contributed by atoms with van der Waals surface area (Å²) >= 11 is 0. The first-order valence-corrected chi connectivity index (χ1v) is 5.09. The van der Waals surface area contributed by atoms with E-state index in [1.807, 2.05) is 7.05 Å². The van der Waals surface area contributed by atoms with Crippen LogP contribution in [0.15, 0.2) is 30.3 Å². The molecule has 1 aliphatic rings. The van der Waals surface area contributed by atoms with Gasteiger partial charge in [0.15, 0.2) is 0 Å². The molecule has 3 nitrogen and oxygen atoms in total. The predicted octanol–water partition coefficient (Wildman–Crippen LogP) is 0.466. The van der Waals surface area contributed by atoms with E-state index >= 15 is 0 Å². The second-order valence-corrected chi connectivity index (χ2v) is 3.71. The molecule has 0 saturated carbocycles. The topological polar surface area (TPSA) is 36.1 Å². The third-order valence-electron chi connectivity index (χ3n) is 2.75. The predicted molar refractivity (Wildman–Crippen MR) is 58.0 cm³/mol. The molecular weight excluding hydrogens is 174 g/mol. The van der Waals surface area contributed by atoms with Crippen molar-refractivity contribution in [2.45, 2.75) is 12.0 Å². The van der Waals surface area contributed by atoms with Crippen LogP contribution in [-0.4, -0.2) is 26.2 Å². The number of benzene rings is 1. The van der Waals surface area contributed by atoms with Crippen molar-refractivity contribution in [1.29, 1.82) is 0 Å². The van der Waals surface area contributed by atoms with Gasteiger partial charge in [0.25, 0.3) is 0 Å². The quantitative estimate of drug-likeness (QED) is 0.650. The summed E-state index contributed by atoms with van der Waals surface area (Å²) in [6.07, 6.45) is 0. The summed E-state index contributed by atoms with van der Waals surface area (Å²) < 4.78 is 0. The number of likely N-dealkylation sites (N-methyl/N-ethyl adjacent to an activating group) is 1. The van der Waals surface area contributed by atoms with Crippen LogP contribution in [0, 0.1) is 0 Å². The van der Waals surface area contributed by atoms with Gasteiger partial charge >= 0.3 is 0 Å². The Hall–Kier alpha value is -0.900. The van der Waals surface area contributed by atoms with Gasteiger partial charge in [-0.15, -0.1) is 0 Å². The summed E-state index contributed by atoms with van der Waals surface area (Å²) in [5.74, 6) is 0.573. The van der Waals surface area contributed by atoms with Crippen LogP contribution in [-0.2, 0) is 0 Å². The molecule has 14 heavy (non-hydrogen) atoms. The molecule has 0 aliphatic carbocycles. The number of nitrogens with one attached hydrogen (secondary N) is 3. The molecule has 0 amide bonds. The monoisotopic (exact) mass is 191 g/mol. The van der Waals surface area contributed by atoms with Crippen molar-refractivity contribution in [3.63, 3.8) is 0 Å². The van der Waals surface area contributed by atoms with E-state index in [1.165, 1.54) is 5.56 Å². The van der Waals surface area contributed by atoms with Gasteiger partial charge in [-0.05, 0) is 12.6 Å². The Morgan fingerprint density at radius 2 is 2.14 bits per heavy atom. The fourth-order valence-corrected chi connectivity index (χ4v) is 2.01. The van der Waals surface area contributed by atoms with Crippen molar-refractivity contribution in [2.24, 2.45) is 0 Å². The summed E-state index contributed by atoms with van der Waals surface area (Å²) in [5, 5.41) is 3.21.